The number of amides is 1. The smallest absolute Gasteiger partial charge is 0.323 e. The monoisotopic (exact) mass is 356 g/mol. The fraction of sp³-hybridized carbons (Fsp3) is 0.125. The third kappa shape index (κ3) is 2.99. The van der Waals surface area contributed by atoms with Gasteiger partial charge in [-0.3, -0.25) is 9.79 Å². The molecule has 1 N–H and O–H groups in total. The quantitative estimate of drug-likeness (QED) is 0.764. The van der Waals surface area contributed by atoms with Crippen LogP contribution in [-0.4, -0.2) is 23.8 Å². The minimum absolute atomic E-state index is 0.0816. The lowest BCUT2D eigenvalue weighted by Gasteiger charge is -2.14. The highest BCUT2D eigenvalue weighted by atomic mass is 35.5. The zero-order valence-corrected chi connectivity index (χ0v) is 12.6. The predicted molar refractivity (Wildman–Crippen MR) is 82.0 cm³/mol. The number of carbonyl (C=O) groups is 1. The van der Waals surface area contributed by atoms with Crippen LogP contribution in [0.15, 0.2) is 47.5 Å². The Morgan fingerprint density at radius 1 is 1.08 bits per heavy atom. The van der Waals surface area contributed by atoms with E-state index in [1.165, 1.54) is 36.4 Å². The van der Waals surface area contributed by atoms with E-state index in [0.717, 1.165) is 6.07 Å². The summed E-state index contributed by atoms with van der Waals surface area (Å²) in [6.07, 6.45) is -4.91. The topological polar surface area (TPSA) is 41.5 Å². The van der Waals surface area contributed by atoms with Crippen LogP contribution in [0.4, 0.5) is 23.2 Å². The average Bonchev–Trinajstić information content (AvgIpc) is 2.64. The summed E-state index contributed by atoms with van der Waals surface area (Å²) in [7, 11) is 0. The van der Waals surface area contributed by atoms with E-state index >= 15 is 0 Å². The van der Waals surface area contributed by atoms with E-state index in [9.17, 15) is 22.4 Å². The predicted octanol–water partition coefficient (Wildman–Crippen LogP) is 4.20. The van der Waals surface area contributed by atoms with Crippen LogP contribution in [0.1, 0.15) is 11.1 Å². The zero-order valence-electron chi connectivity index (χ0n) is 11.9. The third-order valence-corrected chi connectivity index (χ3v) is 3.68. The third-order valence-electron chi connectivity index (χ3n) is 3.44. The number of nitrogens with zero attached hydrogens (tertiary/aromatic N) is 1. The number of carbonyl (C=O) groups excluding carboxylic acids is 1. The second-order valence-electron chi connectivity index (χ2n) is 5.08. The minimum atomic E-state index is -4.91. The Balaban J connectivity index is 2.29. The summed E-state index contributed by atoms with van der Waals surface area (Å²) in [5.41, 5.74) is -0.233. The summed E-state index contributed by atoms with van der Waals surface area (Å²) in [4.78, 5) is 15.4. The molecular weight excluding hydrogens is 348 g/mol. The summed E-state index contributed by atoms with van der Waals surface area (Å²) in [6.45, 7) is 0. The first-order chi connectivity index (χ1) is 11.3. The Hall–Kier alpha value is -2.41. The maximum absolute atomic E-state index is 14.1. The van der Waals surface area contributed by atoms with Crippen LogP contribution >= 0.6 is 11.6 Å². The van der Waals surface area contributed by atoms with Gasteiger partial charge >= 0.3 is 6.18 Å². The molecule has 3 rings (SSSR count). The van der Waals surface area contributed by atoms with Gasteiger partial charge in [0.2, 0.25) is 6.04 Å². The molecule has 1 amide bonds. The van der Waals surface area contributed by atoms with E-state index in [-0.39, 0.29) is 27.5 Å². The molecule has 0 aromatic heterocycles. The molecule has 124 valence electrons. The van der Waals surface area contributed by atoms with Gasteiger partial charge in [0.05, 0.1) is 11.4 Å². The molecule has 24 heavy (non-hydrogen) atoms. The van der Waals surface area contributed by atoms with Crippen LogP contribution < -0.4 is 5.32 Å². The molecule has 0 bridgehead atoms. The molecule has 2 aromatic rings. The van der Waals surface area contributed by atoms with Gasteiger partial charge in [0.1, 0.15) is 5.82 Å². The lowest BCUT2D eigenvalue weighted by molar-refractivity contribution is -0.158. The molecule has 1 atom stereocenters. The number of aliphatic imine (C=N–C) groups is 1. The molecule has 8 heteroatoms. The summed E-state index contributed by atoms with van der Waals surface area (Å²) < 4.78 is 53.7. The summed E-state index contributed by atoms with van der Waals surface area (Å²) in [6, 6.07) is 6.72. The van der Waals surface area contributed by atoms with Crippen molar-refractivity contribution in [1.82, 2.24) is 0 Å². The summed E-state index contributed by atoms with van der Waals surface area (Å²) in [5.74, 6) is -2.09. The molecule has 1 aliphatic heterocycles. The van der Waals surface area contributed by atoms with Gasteiger partial charge in [-0.05, 0) is 30.3 Å². The number of halogens is 5. The number of rotatable bonds is 1. The molecule has 0 spiro atoms. The molecular formula is C16H9ClF4N2O. The van der Waals surface area contributed by atoms with E-state index in [0.29, 0.717) is 0 Å². The van der Waals surface area contributed by atoms with Crippen molar-refractivity contribution in [2.24, 2.45) is 4.99 Å². The van der Waals surface area contributed by atoms with E-state index in [4.69, 9.17) is 11.6 Å². The molecule has 0 radical (unpaired) electrons. The maximum Gasteiger partial charge on any atom is 0.419 e. The van der Waals surface area contributed by atoms with Crippen molar-refractivity contribution >= 4 is 28.9 Å². The number of nitrogens with one attached hydrogen (secondary N) is 1. The van der Waals surface area contributed by atoms with Gasteiger partial charge in [-0.2, -0.15) is 13.2 Å². The van der Waals surface area contributed by atoms with Crippen LogP contribution in [0.5, 0.6) is 0 Å². The van der Waals surface area contributed by atoms with Gasteiger partial charge in [0, 0.05) is 16.1 Å². The van der Waals surface area contributed by atoms with Gasteiger partial charge in [-0.15, -0.1) is 0 Å². The van der Waals surface area contributed by atoms with Crippen molar-refractivity contribution in [2.45, 2.75) is 12.2 Å². The lowest BCUT2D eigenvalue weighted by atomic mass is 10.00. The number of benzene rings is 2. The number of hydrogen-bond donors (Lipinski definition) is 1. The lowest BCUT2D eigenvalue weighted by Crippen LogP contribution is -2.38. The zero-order chi connectivity index (χ0) is 17.5. The number of alkyl halides is 3. The van der Waals surface area contributed by atoms with E-state index < -0.39 is 23.9 Å². The molecule has 0 saturated heterocycles. The van der Waals surface area contributed by atoms with Crippen LogP contribution in [0, 0.1) is 5.82 Å². The second kappa shape index (κ2) is 5.90. The number of benzodiazepines with no additional fused rings is 1. The molecule has 0 fully saturated rings. The first-order valence-electron chi connectivity index (χ1n) is 6.77. The van der Waals surface area contributed by atoms with Gasteiger partial charge in [0.25, 0.3) is 5.91 Å². The second-order valence-corrected chi connectivity index (χ2v) is 5.52. The standard InChI is InChI=1S/C16H9ClF4N2O/c17-8-5-6-12-10(7-8)13(9-3-1-2-4-11(9)18)23-14(15(24)22-12)16(19,20)21/h1-7,14H,(H,22,24)/t14-/m0/s1. The van der Waals surface area contributed by atoms with Crippen molar-refractivity contribution in [2.75, 3.05) is 5.32 Å². The fourth-order valence-corrected chi connectivity index (χ4v) is 2.54. The average molecular weight is 357 g/mol. The van der Waals surface area contributed by atoms with Crippen molar-refractivity contribution in [3.63, 3.8) is 0 Å². The first-order valence-corrected chi connectivity index (χ1v) is 7.15. The summed E-state index contributed by atoms with van der Waals surface area (Å²) in [5, 5.41) is 2.39. The van der Waals surface area contributed by atoms with Gasteiger partial charge < -0.3 is 5.32 Å². The number of hydrogen-bond acceptors (Lipinski definition) is 2. The van der Waals surface area contributed by atoms with Crippen LogP contribution in [0.25, 0.3) is 0 Å². The normalized spacial score (nSPS) is 17.6. The first kappa shape index (κ1) is 16.4. The van der Waals surface area contributed by atoms with Crippen LogP contribution in [0.3, 0.4) is 0 Å². The van der Waals surface area contributed by atoms with Gasteiger partial charge in [-0.1, -0.05) is 23.7 Å². The van der Waals surface area contributed by atoms with E-state index in [1.54, 1.807) is 0 Å². The van der Waals surface area contributed by atoms with Crippen LogP contribution in [0.2, 0.25) is 5.02 Å². The van der Waals surface area contributed by atoms with E-state index in [1.807, 2.05) is 0 Å². The molecule has 0 saturated carbocycles. The van der Waals surface area contributed by atoms with Crippen molar-refractivity contribution in [3.8, 4) is 0 Å². The van der Waals surface area contributed by atoms with E-state index in [2.05, 4.69) is 10.3 Å². The molecule has 0 unspecified atom stereocenters. The van der Waals surface area contributed by atoms with Gasteiger partial charge in [-0.25, -0.2) is 4.39 Å². The van der Waals surface area contributed by atoms with Crippen molar-refractivity contribution < 1.29 is 22.4 Å². The Morgan fingerprint density at radius 2 is 1.79 bits per heavy atom. The molecule has 1 heterocycles. The molecule has 3 nitrogen and oxygen atoms in total. The molecule has 1 aliphatic rings. The largest absolute Gasteiger partial charge is 0.419 e. The van der Waals surface area contributed by atoms with Gasteiger partial charge in [0.15, 0.2) is 0 Å². The fourth-order valence-electron chi connectivity index (χ4n) is 2.37. The number of fused-ring (bicyclic) bond motifs is 1. The van der Waals surface area contributed by atoms with Crippen LogP contribution in [-0.2, 0) is 4.79 Å². The Labute approximate surface area is 139 Å². The summed E-state index contributed by atoms with van der Waals surface area (Å²) >= 11 is 5.90. The Kier molecular flexibility index (Phi) is 4.04. The highest BCUT2D eigenvalue weighted by Gasteiger charge is 2.46. The highest BCUT2D eigenvalue weighted by molar-refractivity contribution is 6.32. The Morgan fingerprint density at radius 3 is 2.46 bits per heavy atom. The minimum Gasteiger partial charge on any atom is -0.323 e. The maximum atomic E-state index is 14.1. The number of anilines is 1. The molecule has 2 aromatic carbocycles. The Bertz CT molecular complexity index is 848. The van der Waals surface area contributed by atoms with Crippen molar-refractivity contribution in [3.05, 3.63) is 64.4 Å². The molecule has 0 aliphatic carbocycles. The SMILES string of the molecule is O=C1Nc2ccc(Cl)cc2C(c2ccccc2F)=N[C@@H]1C(F)(F)F. The highest BCUT2D eigenvalue weighted by Crippen LogP contribution is 2.32. The van der Waals surface area contributed by atoms with Crippen molar-refractivity contribution in [1.29, 1.82) is 0 Å².